The molecular formula is C22H16N2O4. The minimum atomic E-state index is -0.536. The number of methoxy groups -OCH3 is 1. The second kappa shape index (κ2) is 7.36. The summed E-state index contributed by atoms with van der Waals surface area (Å²) in [4.78, 5) is 29.1. The van der Waals surface area contributed by atoms with Crippen molar-refractivity contribution in [2.45, 2.75) is 0 Å². The Hall–Kier alpha value is -3.93. The van der Waals surface area contributed by atoms with Gasteiger partial charge in [0.25, 0.3) is 5.91 Å². The summed E-state index contributed by atoms with van der Waals surface area (Å²) in [5.74, 6) is -0.671. The number of nitrogens with one attached hydrogen (secondary N) is 1. The molecule has 28 heavy (non-hydrogen) atoms. The third kappa shape index (κ3) is 3.35. The summed E-state index contributed by atoms with van der Waals surface area (Å²) < 4.78 is 10.3. The number of benzene rings is 3. The molecule has 1 N–H and O–H groups in total. The summed E-state index contributed by atoms with van der Waals surface area (Å²) >= 11 is 0. The molecule has 0 aliphatic carbocycles. The molecule has 0 aliphatic rings. The van der Waals surface area contributed by atoms with Crippen molar-refractivity contribution in [3.8, 4) is 11.5 Å². The molecule has 3 aromatic carbocycles. The Kier molecular flexibility index (Phi) is 4.60. The number of carbonyl (C=O) groups is 2. The average Bonchev–Trinajstić information content (AvgIpc) is 3.24. The number of amides is 1. The van der Waals surface area contributed by atoms with Gasteiger partial charge in [-0.2, -0.15) is 0 Å². The molecule has 0 bridgehead atoms. The van der Waals surface area contributed by atoms with E-state index in [2.05, 4.69) is 10.3 Å². The molecule has 0 aliphatic heterocycles. The van der Waals surface area contributed by atoms with Gasteiger partial charge in [0.05, 0.1) is 18.4 Å². The lowest BCUT2D eigenvalue weighted by molar-refractivity contribution is 0.0602. The van der Waals surface area contributed by atoms with Crippen LogP contribution in [0.4, 0.5) is 5.69 Å². The Balaban J connectivity index is 1.67. The van der Waals surface area contributed by atoms with Crippen LogP contribution in [0.15, 0.2) is 77.4 Å². The molecule has 0 saturated carbocycles. The second-order valence-corrected chi connectivity index (χ2v) is 6.09. The molecule has 0 saturated heterocycles. The van der Waals surface area contributed by atoms with Crippen LogP contribution in [0, 0.1) is 0 Å². The number of hydrogen-bond acceptors (Lipinski definition) is 5. The Labute approximate surface area is 160 Å². The van der Waals surface area contributed by atoms with Gasteiger partial charge in [-0.05, 0) is 35.0 Å². The molecule has 0 atom stereocenters. The molecule has 0 fully saturated rings. The largest absolute Gasteiger partial charge is 0.465 e. The van der Waals surface area contributed by atoms with Crippen molar-refractivity contribution in [1.82, 2.24) is 4.98 Å². The average molecular weight is 372 g/mol. The first kappa shape index (κ1) is 17.5. The van der Waals surface area contributed by atoms with E-state index in [-0.39, 0.29) is 11.3 Å². The van der Waals surface area contributed by atoms with E-state index in [1.807, 2.05) is 54.6 Å². The fraction of sp³-hybridized carbons (Fsp3) is 0.0455. The highest BCUT2D eigenvalue weighted by Gasteiger charge is 2.18. The van der Waals surface area contributed by atoms with Crippen LogP contribution in [0.3, 0.4) is 0 Å². The van der Waals surface area contributed by atoms with E-state index in [0.29, 0.717) is 11.6 Å². The number of anilines is 1. The number of hydrogen-bond donors (Lipinski definition) is 1. The zero-order chi connectivity index (χ0) is 19.5. The molecule has 6 nitrogen and oxygen atoms in total. The standard InChI is InChI=1S/C22H16N2O4/c1-27-22(26)17-11-15-9-5-6-10-16(15)12-18(17)23-20(25)19-13-28-21(24-19)14-7-3-2-4-8-14/h2-13H,1H3,(H,23,25). The first-order valence-corrected chi connectivity index (χ1v) is 8.59. The lowest BCUT2D eigenvalue weighted by atomic mass is 10.0. The molecule has 138 valence electrons. The molecule has 1 amide bonds. The highest BCUT2D eigenvalue weighted by Crippen LogP contribution is 2.26. The first-order chi connectivity index (χ1) is 13.7. The zero-order valence-electron chi connectivity index (χ0n) is 15.0. The van der Waals surface area contributed by atoms with Crippen molar-refractivity contribution in [3.05, 3.63) is 84.3 Å². The molecule has 6 heteroatoms. The lowest BCUT2D eigenvalue weighted by Gasteiger charge is -2.10. The molecule has 4 aromatic rings. The molecule has 1 aromatic heterocycles. The Morgan fingerprint density at radius 2 is 1.64 bits per heavy atom. The van der Waals surface area contributed by atoms with Crippen molar-refractivity contribution < 1.29 is 18.7 Å². The van der Waals surface area contributed by atoms with Gasteiger partial charge in [0.15, 0.2) is 5.69 Å². The Morgan fingerprint density at radius 1 is 0.964 bits per heavy atom. The quantitative estimate of drug-likeness (QED) is 0.532. The number of aromatic nitrogens is 1. The van der Waals surface area contributed by atoms with Gasteiger partial charge in [-0.25, -0.2) is 9.78 Å². The minimum absolute atomic E-state index is 0.114. The van der Waals surface area contributed by atoms with Crippen LogP contribution < -0.4 is 5.32 Å². The number of fused-ring (bicyclic) bond motifs is 1. The van der Waals surface area contributed by atoms with E-state index in [9.17, 15) is 9.59 Å². The monoisotopic (exact) mass is 372 g/mol. The summed E-state index contributed by atoms with van der Waals surface area (Å²) in [6.07, 6.45) is 1.29. The maximum absolute atomic E-state index is 12.7. The second-order valence-electron chi connectivity index (χ2n) is 6.09. The maximum atomic E-state index is 12.7. The smallest absolute Gasteiger partial charge is 0.339 e. The van der Waals surface area contributed by atoms with Crippen molar-refractivity contribution in [3.63, 3.8) is 0 Å². The number of carbonyl (C=O) groups excluding carboxylic acids is 2. The predicted molar refractivity (Wildman–Crippen MR) is 105 cm³/mol. The van der Waals surface area contributed by atoms with Crippen LogP contribution in [0.25, 0.3) is 22.2 Å². The van der Waals surface area contributed by atoms with Crippen LogP contribution in [0.5, 0.6) is 0 Å². The van der Waals surface area contributed by atoms with Crippen LogP contribution in [0.2, 0.25) is 0 Å². The van der Waals surface area contributed by atoms with Gasteiger partial charge in [-0.1, -0.05) is 42.5 Å². The normalized spacial score (nSPS) is 10.6. The maximum Gasteiger partial charge on any atom is 0.339 e. The van der Waals surface area contributed by atoms with Gasteiger partial charge in [0.2, 0.25) is 5.89 Å². The van der Waals surface area contributed by atoms with Gasteiger partial charge < -0.3 is 14.5 Å². The first-order valence-electron chi connectivity index (χ1n) is 8.59. The van der Waals surface area contributed by atoms with Crippen molar-refractivity contribution in [2.75, 3.05) is 12.4 Å². The van der Waals surface area contributed by atoms with Crippen LogP contribution in [-0.4, -0.2) is 24.0 Å². The molecule has 0 unspecified atom stereocenters. The number of esters is 1. The van der Waals surface area contributed by atoms with E-state index in [4.69, 9.17) is 9.15 Å². The third-order valence-corrected chi connectivity index (χ3v) is 4.30. The van der Waals surface area contributed by atoms with Gasteiger partial charge in [0, 0.05) is 5.56 Å². The van der Waals surface area contributed by atoms with Crippen molar-refractivity contribution in [1.29, 1.82) is 0 Å². The topological polar surface area (TPSA) is 81.4 Å². The van der Waals surface area contributed by atoms with Crippen LogP contribution >= 0.6 is 0 Å². The SMILES string of the molecule is COC(=O)c1cc2ccccc2cc1NC(=O)c1coc(-c2ccccc2)n1. The summed E-state index contributed by atoms with van der Waals surface area (Å²) in [6.45, 7) is 0. The number of nitrogens with zero attached hydrogens (tertiary/aromatic N) is 1. The highest BCUT2D eigenvalue weighted by molar-refractivity contribution is 6.09. The van der Waals surface area contributed by atoms with Crippen LogP contribution in [0.1, 0.15) is 20.8 Å². The van der Waals surface area contributed by atoms with Gasteiger partial charge in [-0.15, -0.1) is 0 Å². The van der Waals surface area contributed by atoms with E-state index in [1.54, 1.807) is 12.1 Å². The van der Waals surface area contributed by atoms with Gasteiger partial charge >= 0.3 is 5.97 Å². The molecular weight excluding hydrogens is 356 g/mol. The zero-order valence-corrected chi connectivity index (χ0v) is 15.0. The summed E-state index contributed by atoms with van der Waals surface area (Å²) in [7, 11) is 1.30. The van der Waals surface area contributed by atoms with Crippen molar-refractivity contribution >= 4 is 28.3 Å². The molecule has 4 rings (SSSR count). The van der Waals surface area contributed by atoms with E-state index in [1.165, 1.54) is 13.4 Å². The fourth-order valence-corrected chi connectivity index (χ4v) is 2.90. The number of ether oxygens (including phenoxy) is 1. The predicted octanol–water partition coefficient (Wildman–Crippen LogP) is 4.53. The van der Waals surface area contributed by atoms with E-state index < -0.39 is 11.9 Å². The summed E-state index contributed by atoms with van der Waals surface area (Å²) in [5.41, 5.74) is 1.49. The van der Waals surface area contributed by atoms with E-state index >= 15 is 0 Å². The molecule has 1 heterocycles. The fourth-order valence-electron chi connectivity index (χ4n) is 2.90. The minimum Gasteiger partial charge on any atom is -0.465 e. The third-order valence-electron chi connectivity index (χ3n) is 4.30. The Bertz CT molecular complexity index is 1170. The Morgan fingerprint density at radius 3 is 2.36 bits per heavy atom. The van der Waals surface area contributed by atoms with Crippen molar-refractivity contribution in [2.24, 2.45) is 0 Å². The molecule has 0 spiro atoms. The van der Waals surface area contributed by atoms with E-state index in [0.717, 1.165) is 16.3 Å². The molecule has 0 radical (unpaired) electrons. The number of oxazole rings is 1. The summed E-state index contributed by atoms with van der Waals surface area (Å²) in [6, 6.07) is 20.2. The highest BCUT2D eigenvalue weighted by atomic mass is 16.5. The number of rotatable bonds is 4. The van der Waals surface area contributed by atoms with Crippen LogP contribution in [-0.2, 0) is 4.74 Å². The lowest BCUT2D eigenvalue weighted by Crippen LogP contribution is -2.16. The summed E-state index contributed by atoms with van der Waals surface area (Å²) in [5, 5.41) is 4.49. The van der Waals surface area contributed by atoms with Gasteiger partial charge in [0.1, 0.15) is 6.26 Å². The van der Waals surface area contributed by atoms with Gasteiger partial charge in [-0.3, -0.25) is 4.79 Å².